The number of halogens is 1. The second-order valence-corrected chi connectivity index (χ2v) is 3.59. The van der Waals surface area contributed by atoms with Crippen LogP contribution in [0.2, 0.25) is 0 Å². The summed E-state index contributed by atoms with van der Waals surface area (Å²) in [5, 5.41) is 4.15. The maximum Gasteiger partial charge on any atom is 0.148 e. The van der Waals surface area contributed by atoms with Crippen molar-refractivity contribution in [1.82, 2.24) is 9.78 Å². The summed E-state index contributed by atoms with van der Waals surface area (Å²) >= 11 is 4.18. The molecule has 0 saturated carbocycles. The average Bonchev–Trinajstić information content (AvgIpc) is 2.60. The summed E-state index contributed by atoms with van der Waals surface area (Å²) in [4.78, 5) is 0. The SMILES string of the molecule is Cc1c(CS)cnn1-c1ccccc1F. The minimum absolute atomic E-state index is 0.269. The lowest BCUT2D eigenvalue weighted by Crippen LogP contribution is -2.01. The molecule has 2 aromatic rings. The Morgan fingerprint density at radius 3 is 2.73 bits per heavy atom. The van der Waals surface area contributed by atoms with Gasteiger partial charge in [0.25, 0.3) is 0 Å². The molecule has 0 aliphatic rings. The Labute approximate surface area is 93.1 Å². The molecule has 0 spiro atoms. The van der Waals surface area contributed by atoms with Gasteiger partial charge in [-0.15, -0.1) is 0 Å². The molecule has 2 nitrogen and oxygen atoms in total. The predicted octanol–water partition coefficient (Wildman–Crippen LogP) is 2.75. The topological polar surface area (TPSA) is 17.8 Å². The fourth-order valence-corrected chi connectivity index (χ4v) is 1.78. The highest BCUT2D eigenvalue weighted by Gasteiger charge is 2.09. The summed E-state index contributed by atoms with van der Waals surface area (Å²) < 4.78 is 15.1. The number of nitrogens with zero attached hydrogens (tertiary/aromatic N) is 2. The van der Waals surface area contributed by atoms with Crippen molar-refractivity contribution in [2.45, 2.75) is 12.7 Å². The van der Waals surface area contributed by atoms with Crippen LogP contribution in [0.5, 0.6) is 0 Å². The first-order chi connectivity index (χ1) is 7.24. The van der Waals surface area contributed by atoms with Crippen LogP contribution < -0.4 is 0 Å². The number of aromatic nitrogens is 2. The first kappa shape index (κ1) is 10.2. The highest BCUT2D eigenvalue weighted by atomic mass is 32.1. The fourth-order valence-electron chi connectivity index (χ4n) is 1.47. The molecule has 15 heavy (non-hydrogen) atoms. The van der Waals surface area contributed by atoms with Crippen molar-refractivity contribution in [1.29, 1.82) is 0 Å². The molecule has 1 heterocycles. The van der Waals surface area contributed by atoms with Crippen LogP contribution in [-0.2, 0) is 5.75 Å². The zero-order valence-corrected chi connectivity index (χ0v) is 9.21. The van der Waals surface area contributed by atoms with Gasteiger partial charge in [0, 0.05) is 17.0 Å². The van der Waals surface area contributed by atoms with E-state index in [1.807, 2.05) is 6.92 Å². The first-order valence-corrected chi connectivity index (χ1v) is 5.26. The van der Waals surface area contributed by atoms with E-state index in [4.69, 9.17) is 0 Å². The van der Waals surface area contributed by atoms with E-state index >= 15 is 0 Å². The quantitative estimate of drug-likeness (QED) is 0.773. The third-order valence-corrected chi connectivity index (χ3v) is 2.70. The molecular formula is C11H11FN2S. The molecule has 0 aliphatic heterocycles. The molecule has 2 rings (SSSR count). The molecular weight excluding hydrogens is 211 g/mol. The van der Waals surface area contributed by atoms with E-state index in [9.17, 15) is 4.39 Å². The molecule has 0 atom stereocenters. The maximum absolute atomic E-state index is 13.5. The number of hydrogen-bond acceptors (Lipinski definition) is 2. The first-order valence-electron chi connectivity index (χ1n) is 4.63. The lowest BCUT2D eigenvalue weighted by molar-refractivity contribution is 0.608. The minimum Gasteiger partial charge on any atom is -0.235 e. The molecule has 0 saturated heterocycles. The van der Waals surface area contributed by atoms with Crippen molar-refractivity contribution in [2.75, 3.05) is 0 Å². The number of para-hydroxylation sites is 1. The molecule has 0 aliphatic carbocycles. The van der Waals surface area contributed by atoms with Gasteiger partial charge in [-0.3, -0.25) is 0 Å². The Balaban J connectivity index is 2.55. The molecule has 4 heteroatoms. The van der Waals surface area contributed by atoms with Crippen LogP contribution >= 0.6 is 12.6 Å². The Morgan fingerprint density at radius 2 is 2.13 bits per heavy atom. The molecule has 0 amide bonds. The van der Waals surface area contributed by atoms with Crippen molar-refractivity contribution in [3.05, 3.63) is 47.5 Å². The number of rotatable bonds is 2. The molecule has 0 bridgehead atoms. The van der Waals surface area contributed by atoms with Gasteiger partial charge in [0.1, 0.15) is 11.5 Å². The second-order valence-electron chi connectivity index (χ2n) is 3.28. The monoisotopic (exact) mass is 222 g/mol. The predicted molar refractivity (Wildman–Crippen MR) is 60.9 cm³/mol. The molecule has 1 aromatic heterocycles. The number of hydrogen-bond donors (Lipinski definition) is 1. The van der Waals surface area contributed by atoms with E-state index in [0.29, 0.717) is 11.4 Å². The summed E-state index contributed by atoms with van der Waals surface area (Å²) in [5.41, 5.74) is 2.42. The maximum atomic E-state index is 13.5. The van der Waals surface area contributed by atoms with Crippen LogP contribution in [0, 0.1) is 12.7 Å². The summed E-state index contributed by atoms with van der Waals surface area (Å²) in [6.07, 6.45) is 1.72. The van der Waals surface area contributed by atoms with E-state index in [1.54, 1.807) is 29.1 Å². The molecule has 1 aromatic carbocycles. The van der Waals surface area contributed by atoms with Gasteiger partial charge in [0.2, 0.25) is 0 Å². The zero-order valence-electron chi connectivity index (χ0n) is 8.31. The van der Waals surface area contributed by atoms with Gasteiger partial charge in [-0.05, 0) is 19.1 Å². The zero-order chi connectivity index (χ0) is 10.8. The van der Waals surface area contributed by atoms with Crippen LogP contribution in [0.3, 0.4) is 0 Å². The van der Waals surface area contributed by atoms with Crippen molar-refractivity contribution in [2.24, 2.45) is 0 Å². The van der Waals surface area contributed by atoms with Gasteiger partial charge in [-0.1, -0.05) is 12.1 Å². The lowest BCUT2D eigenvalue weighted by Gasteiger charge is -2.05. The smallest absolute Gasteiger partial charge is 0.148 e. The highest BCUT2D eigenvalue weighted by molar-refractivity contribution is 7.79. The standard InChI is InChI=1S/C11H11FN2S/c1-8-9(7-15)6-13-14(8)11-5-3-2-4-10(11)12/h2-6,15H,7H2,1H3. The minimum atomic E-state index is -0.269. The van der Waals surface area contributed by atoms with Crippen molar-refractivity contribution < 1.29 is 4.39 Å². The van der Waals surface area contributed by atoms with Gasteiger partial charge in [0.05, 0.1) is 6.20 Å². The Bertz CT molecular complexity index is 479. The van der Waals surface area contributed by atoms with E-state index in [2.05, 4.69) is 17.7 Å². The normalized spacial score (nSPS) is 10.6. The van der Waals surface area contributed by atoms with Crippen LogP contribution in [0.1, 0.15) is 11.3 Å². The van der Waals surface area contributed by atoms with E-state index in [1.165, 1.54) is 6.07 Å². The van der Waals surface area contributed by atoms with Crippen LogP contribution in [0.25, 0.3) is 5.69 Å². The Hall–Kier alpha value is -1.29. The van der Waals surface area contributed by atoms with Crippen LogP contribution in [0.4, 0.5) is 4.39 Å². The average molecular weight is 222 g/mol. The van der Waals surface area contributed by atoms with Crippen molar-refractivity contribution >= 4 is 12.6 Å². The number of benzene rings is 1. The molecule has 0 radical (unpaired) electrons. The molecule has 0 fully saturated rings. The summed E-state index contributed by atoms with van der Waals surface area (Å²) in [7, 11) is 0. The van der Waals surface area contributed by atoms with Gasteiger partial charge in [-0.2, -0.15) is 17.7 Å². The second kappa shape index (κ2) is 4.06. The van der Waals surface area contributed by atoms with E-state index < -0.39 is 0 Å². The van der Waals surface area contributed by atoms with Gasteiger partial charge in [0.15, 0.2) is 0 Å². The summed E-state index contributed by atoms with van der Waals surface area (Å²) in [5.74, 6) is 0.342. The van der Waals surface area contributed by atoms with Gasteiger partial charge in [-0.25, -0.2) is 9.07 Å². The van der Waals surface area contributed by atoms with Gasteiger partial charge >= 0.3 is 0 Å². The van der Waals surface area contributed by atoms with Crippen molar-refractivity contribution in [3.8, 4) is 5.69 Å². The lowest BCUT2D eigenvalue weighted by atomic mass is 10.2. The third-order valence-electron chi connectivity index (χ3n) is 2.36. The molecule has 0 unspecified atom stereocenters. The molecule has 0 N–H and O–H groups in total. The molecule has 78 valence electrons. The number of thiol groups is 1. The van der Waals surface area contributed by atoms with Crippen LogP contribution in [-0.4, -0.2) is 9.78 Å². The van der Waals surface area contributed by atoms with Gasteiger partial charge < -0.3 is 0 Å². The summed E-state index contributed by atoms with van der Waals surface area (Å²) in [6.45, 7) is 1.91. The van der Waals surface area contributed by atoms with Crippen molar-refractivity contribution in [3.63, 3.8) is 0 Å². The highest BCUT2D eigenvalue weighted by Crippen LogP contribution is 2.17. The third kappa shape index (κ3) is 1.77. The van der Waals surface area contributed by atoms with E-state index in [0.717, 1.165) is 11.3 Å². The Morgan fingerprint density at radius 1 is 1.40 bits per heavy atom. The Kier molecular flexibility index (Phi) is 2.77. The largest absolute Gasteiger partial charge is 0.235 e. The van der Waals surface area contributed by atoms with Crippen LogP contribution in [0.15, 0.2) is 30.5 Å². The fraction of sp³-hybridized carbons (Fsp3) is 0.182. The van der Waals surface area contributed by atoms with E-state index in [-0.39, 0.29) is 5.82 Å². The summed E-state index contributed by atoms with van der Waals surface area (Å²) in [6, 6.07) is 6.59.